The zero-order valence-electron chi connectivity index (χ0n) is 8.66. The molecule has 1 aliphatic carbocycles. The van der Waals surface area contributed by atoms with Crippen molar-refractivity contribution >= 4 is 23.1 Å². The molecule has 1 heterocycles. The molecule has 0 saturated heterocycles. The highest BCUT2D eigenvalue weighted by Gasteiger charge is 2.21. The molecule has 82 valence electrons. The number of allylic oxidation sites excluding steroid dienone is 2. The Morgan fingerprint density at radius 2 is 2.47 bits per heavy atom. The van der Waals surface area contributed by atoms with Crippen molar-refractivity contribution in [3.8, 4) is 0 Å². The van der Waals surface area contributed by atoms with Crippen LogP contribution in [0.4, 0.5) is 0 Å². The molecule has 1 N–H and O–H groups in total. The molecule has 15 heavy (non-hydrogen) atoms. The normalized spacial score (nSPS) is 21.5. The smallest absolute Gasteiger partial charge is 0.148 e. The molecular formula is C11H14ClNOS. The van der Waals surface area contributed by atoms with Crippen molar-refractivity contribution in [1.29, 1.82) is 0 Å². The van der Waals surface area contributed by atoms with Gasteiger partial charge >= 0.3 is 0 Å². The van der Waals surface area contributed by atoms with Crippen molar-refractivity contribution < 1.29 is 5.11 Å². The van der Waals surface area contributed by atoms with E-state index in [0.29, 0.717) is 11.1 Å². The van der Waals surface area contributed by atoms with E-state index >= 15 is 0 Å². The fraction of sp³-hybridized carbons (Fsp3) is 0.545. The summed E-state index contributed by atoms with van der Waals surface area (Å²) in [6.45, 7) is 2.17. The van der Waals surface area contributed by atoms with Gasteiger partial charge in [-0.1, -0.05) is 23.3 Å². The maximum atomic E-state index is 9.24. The second-order valence-electron chi connectivity index (χ2n) is 4.00. The SMILES string of the molecule is CC1=CCC(c2snc(Cl)c2CO)CC1. The van der Waals surface area contributed by atoms with Crippen LogP contribution in [0.3, 0.4) is 0 Å². The Balaban J connectivity index is 2.23. The number of hydrogen-bond acceptors (Lipinski definition) is 3. The number of nitrogens with zero attached hydrogens (tertiary/aromatic N) is 1. The lowest BCUT2D eigenvalue weighted by atomic mass is 9.88. The van der Waals surface area contributed by atoms with Crippen molar-refractivity contribution in [1.82, 2.24) is 4.37 Å². The van der Waals surface area contributed by atoms with Gasteiger partial charge < -0.3 is 5.11 Å². The van der Waals surface area contributed by atoms with E-state index in [1.165, 1.54) is 22.0 Å². The quantitative estimate of drug-likeness (QED) is 0.807. The molecule has 2 rings (SSSR count). The predicted molar refractivity (Wildman–Crippen MR) is 63.4 cm³/mol. The third-order valence-electron chi connectivity index (χ3n) is 2.94. The molecule has 0 spiro atoms. The molecule has 0 aliphatic heterocycles. The third kappa shape index (κ3) is 2.25. The lowest BCUT2D eigenvalue weighted by Crippen LogP contribution is -2.03. The summed E-state index contributed by atoms with van der Waals surface area (Å²) in [5, 5.41) is 9.71. The van der Waals surface area contributed by atoms with Gasteiger partial charge in [-0.25, -0.2) is 0 Å². The van der Waals surface area contributed by atoms with E-state index in [1.807, 2.05) is 0 Å². The van der Waals surface area contributed by atoms with Gasteiger partial charge in [0.05, 0.1) is 6.61 Å². The Bertz CT molecular complexity index is 386. The summed E-state index contributed by atoms with van der Waals surface area (Å²) in [7, 11) is 0. The standard InChI is InChI=1S/C11H14ClNOS/c1-7-2-4-8(5-3-7)10-9(6-14)11(12)13-15-10/h2,8,14H,3-6H2,1H3. The molecule has 1 atom stereocenters. The number of hydrogen-bond donors (Lipinski definition) is 1. The Kier molecular flexibility index (Phi) is 3.44. The van der Waals surface area contributed by atoms with E-state index in [-0.39, 0.29) is 6.61 Å². The van der Waals surface area contributed by atoms with Crippen LogP contribution >= 0.6 is 23.1 Å². The molecule has 1 aromatic rings. The first kappa shape index (κ1) is 11.1. The van der Waals surface area contributed by atoms with Crippen molar-refractivity contribution in [2.45, 2.75) is 38.7 Å². The number of rotatable bonds is 2. The maximum Gasteiger partial charge on any atom is 0.148 e. The van der Waals surface area contributed by atoms with Crippen molar-refractivity contribution in [2.75, 3.05) is 0 Å². The number of halogens is 1. The monoisotopic (exact) mass is 243 g/mol. The lowest BCUT2D eigenvalue weighted by molar-refractivity contribution is 0.280. The maximum absolute atomic E-state index is 9.24. The molecular weight excluding hydrogens is 230 g/mol. The first-order chi connectivity index (χ1) is 7.22. The fourth-order valence-electron chi connectivity index (χ4n) is 1.97. The van der Waals surface area contributed by atoms with E-state index in [4.69, 9.17) is 11.6 Å². The summed E-state index contributed by atoms with van der Waals surface area (Å²) in [5.74, 6) is 0.501. The Hall–Kier alpha value is -0.380. The molecule has 0 aromatic carbocycles. The average Bonchev–Trinajstić information content (AvgIpc) is 2.61. The van der Waals surface area contributed by atoms with E-state index in [9.17, 15) is 5.11 Å². The van der Waals surface area contributed by atoms with E-state index < -0.39 is 0 Å². The van der Waals surface area contributed by atoms with Crippen LogP contribution < -0.4 is 0 Å². The second-order valence-corrected chi connectivity index (χ2v) is 5.16. The van der Waals surface area contributed by atoms with Crippen LogP contribution in [-0.2, 0) is 6.61 Å². The third-order valence-corrected chi connectivity index (χ3v) is 4.40. The zero-order chi connectivity index (χ0) is 10.8. The highest BCUT2D eigenvalue weighted by Crippen LogP contribution is 2.38. The zero-order valence-corrected chi connectivity index (χ0v) is 10.2. The first-order valence-corrected chi connectivity index (χ1v) is 6.28. The van der Waals surface area contributed by atoms with Crippen LogP contribution in [0, 0.1) is 0 Å². The summed E-state index contributed by atoms with van der Waals surface area (Å²) < 4.78 is 4.11. The topological polar surface area (TPSA) is 33.1 Å². The predicted octanol–water partition coefficient (Wildman–Crippen LogP) is 3.50. The van der Waals surface area contributed by atoms with Crippen LogP contribution in [-0.4, -0.2) is 9.48 Å². The summed E-state index contributed by atoms with van der Waals surface area (Å²) in [4.78, 5) is 1.17. The summed E-state index contributed by atoms with van der Waals surface area (Å²) >= 11 is 7.35. The average molecular weight is 244 g/mol. The molecule has 0 radical (unpaired) electrons. The van der Waals surface area contributed by atoms with Gasteiger partial charge in [-0.2, -0.15) is 4.37 Å². The van der Waals surface area contributed by atoms with Crippen LogP contribution in [0.1, 0.15) is 42.5 Å². The Labute approximate surface area is 98.8 Å². The largest absolute Gasteiger partial charge is 0.392 e. The highest BCUT2D eigenvalue weighted by molar-refractivity contribution is 7.06. The van der Waals surface area contributed by atoms with Crippen LogP contribution in [0.15, 0.2) is 11.6 Å². The number of aliphatic hydroxyl groups is 1. The molecule has 0 amide bonds. The summed E-state index contributed by atoms with van der Waals surface area (Å²) in [5.41, 5.74) is 2.30. The van der Waals surface area contributed by atoms with Gasteiger partial charge in [0.1, 0.15) is 5.15 Å². The van der Waals surface area contributed by atoms with Crippen LogP contribution in [0.25, 0.3) is 0 Å². The van der Waals surface area contributed by atoms with Gasteiger partial charge in [0, 0.05) is 10.4 Å². The Morgan fingerprint density at radius 3 is 3.07 bits per heavy atom. The molecule has 1 aliphatic rings. The fourth-order valence-corrected chi connectivity index (χ4v) is 3.21. The van der Waals surface area contributed by atoms with E-state index in [1.54, 1.807) is 0 Å². The van der Waals surface area contributed by atoms with Gasteiger partial charge in [-0.15, -0.1) is 0 Å². The second kappa shape index (κ2) is 4.64. The molecule has 0 fully saturated rings. The lowest BCUT2D eigenvalue weighted by Gasteiger charge is -2.19. The summed E-state index contributed by atoms with van der Waals surface area (Å²) in [6, 6.07) is 0. The van der Waals surface area contributed by atoms with E-state index in [2.05, 4.69) is 17.4 Å². The minimum absolute atomic E-state index is 0.00383. The number of aliphatic hydroxyl groups excluding tert-OH is 1. The summed E-state index contributed by atoms with van der Waals surface area (Å²) in [6.07, 6.45) is 5.62. The minimum atomic E-state index is 0.00383. The van der Waals surface area contributed by atoms with Gasteiger partial charge in [-0.3, -0.25) is 0 Å². The molecule has 1 aromatic heterocycles. The molecule has 1 unspecified atom stereocenters. The van der Waals surface area contributed by atoms with Crippen molar-refractivity contribution in [3.63, 3.8) is 0 Å². The van der Waals surface area contributed by atoms with Gasteiger partial charge in [0.2, 0.25) is 0 Å². The molecule has 2 nitrogen and oxygen atoms in total. The van der Waals surface area contributed by atoms with Gasteiger partial charge in [-0.05, 0) is 43.6 Å². The van der Waals surface area contributed by atoms with Gasteiger partial charge in [0.25, 0.3) is 0 Å². The molecule has 4 heteroatoms. The Morgan fingerprint density at radius 1 is 1.67 bits per heavy atom. The first-order valence-electron chi connectivity index (χ1n) is 5.12. The van der Waals surface area contributed by atoms with Crippen molar-refractivity contribution in [3.05, 3.63) is 27.2 Å². The molecule has 0 bridgehead atoms. The van der Waals surface area contributed by atoms with Crippen molar-refractivity contribution in [2.24, 2.45) is 0 Å². The number of aromatic nitrogens is 1. The minimum Gasteiger partial charge on any atom is -0.392 e. The van der Waals surface area contributed by atoms with E-state index in [0.717, 1.165) is 24.8 Å². The van der Waals surface area contributed by atoms with Crippen LogP contribution in [0.5, 0.6) is 0 Å². The highest BCUT2D eigenvalue weighted by atomic mass is 35.5. The molecule has 0 saturated carbocycles. The van der Waals surface area contributed by atoms with Crippen LogP contribution in [0.2, 0.25) is 5.15 Å². The van der Waals surface area contributed by atoms with Gasteiger partial charge in [0.15, 0.2) is 0 Å².